The number of hydrogen-bond acceptors (Lipinski definition) is 5. The second kappa shape index (κ2) is 8.42. The summed E-state index contributed by atoms with van der Waals surface area (Å²) in [6.07, 6.45) is 6.19. The molecule has 0 unspecified atom stereocenters. The van der Waals surface area contributed by atoms with Crippen LogP contribution < -0.4 is 11.1 Å². The Hall–Kier alpha value is -3.74. The van der Waals surface area contributed by atoms with Gasteiger partial charge in [0.2, 0.25) is 0 Å². The summed E-state index contributed by atoms with van der Waals surface area (Å²) < 4.78 is 1.87. The van der Waals surface area contributed by atoms with Crippen LogP contribution in [0.3, 0.4) is 0 Å². The molecule has 0 aliphatic heterocycles. The van der Waals surface area contributed by atoms with E-state index in [1.54, 1.807) is 0 Å². The topological polar surface area (TPSA) is 98.2 Å². The minimum atomic E-state index is -0.0709. The number of imidazole rings is 1. The summed E-state index contributed by atoms with van der Waals surface area (Å²) in [6.45, 7) is 2.39. The maximum atomic E-state index is 12.5. The van der Waals surface area contributed by atoms with Crippen molar-refractivity contribution in [3.05, 3.63) is 77.4 Å². The average molecular weight is 427 g/mol. The van der Waals surface area contributed by atoms with Crippen molar-refractivity contribution >= 4 is 17.2 Å². The Morgan fingerprint density at radius 1 is 1.12 bits per heavy atom. The number of carbonyl (C=O) groups excluding carboxylic acids is 1. The van der Waals surface area contributed by atoms with E-state index in [1.807, 2.05) is 60.0 Å². The minimum Gasteiger partial charge on any atom is -0.382 e. The summed E-state index contributed by atoms with van der Waals surface area (Å²) in [7, 11) is 0. The molecule has 1 aliphatic rings. The summed E-state index contributed by atoms with van der Waals surface area (Å²) in [5.74, 6) is 1.73. The third kappa shape index (κ3) is 3.70. The summed E-state index contributed by atoms with van der Waals surface area (Å²) in [4.78, 5) is 21.6. The van der Waals surface area contributed by atoms with Crippen LogP contribution in [0.2, 0.25) is 0 Å². The van der Waals surface area contributed by atoms with E-state index in [0.29, 0.717) is 23.8 Å². The van der Waals surface area contributed by atoms with Crippen LogP contribution in [0.4, 0.5) is 5.82 Å². The van der Waals surface area contributed by atoms with Crippen molar-refractivity contribution in [2.45, 2.75) is 45.1 Å². The molecule has 7 heteroatoms. The molecule has 2 aromatic heterocycles. The normalized spacial score (nSPS) is 14.2. The first kappa shape index (κ1) is 20.2. The Balaban J connectivity index is 1.39. The number of nitrogen functional groups attached to an aromatic ring is 1. The summed E-state index contributed by atoms with van der Waals surface area (Å²) in [5, 5.41) is 7.45. The minimum absolute atomic E-state index is 0.0709. The number of aromatic nitrogens is 4. The predicted octanol–water partition coefficient (Wildman–Crippen LogP) is 4.27. The number of fused-ring (bicyclic) bond motifs is 1. The Morgan fingerprint density at radius 3 is 2.62 bits per heavy atom. The van der Waals surface area contributed by atoms with Gasteiger partial charge in [-0.25, -0.2) is 14.5 Å². The monoisotopic (exact) mass is 426 g/mol. The molecular formula is C25H26N6O. The zero-order valence-corrected chi connectivity index (χ0v) is 18.1. The van der Waals surface area contributed by atoms with Crippen molar-refractivity contribution in [1.29, 1.82) is 0 Å². The lowest BCUT2D eigenvalue weighted by atomic mass is 10.1. The molecule has 4 aromatic rings. The standard InChI is InChI=1S/C25H26N6O/c1-16-6-2-5-9-20(16)25(32)27-14-17-10-12-18(13-11-17)21-22-23(26)28-15-29-31(22)24(30-21)19-7-3-4-8-19/h2,5-6,9-13,15,19H,3-4,7-8,14H2,1H3,(H,27,32)(H2,26,28,29). The third-order valence-corrected chi connectivity index (χ3v) is 6.28. The number of amides is 1. The first-order valence-corrected chi connectivity index (χ1v) is 11.0. The Bertz CT molecular complexity index is 1270. The van der Waals surface area contributed by atoms with E-state index in [4.69, 9.17) is 10.7 Å². The van der Waals surface area contributed by atoms with Gasteiger partial charge < -0.3 is 11.1 Å². The van der Waals surface area contributed by atoms with Gasteiger partial charge in [0.1, 0.15) is 23.4 Å². The van der Waals surface area contributed by atoms with Gasteiger partial charge in [0.25, 0.3) is 5.91 Å². The van der Waals surface area contributed by atoms with Crippen molar-refractivity contribution in [3.63, 3.8) is 0 Å². The van der Waals surface area contributed by atoms with E-state index in [2.05, 4.69) is 15.4 Å². The second-order valence-electron chi connectivity index (χ2n) is 8.40. The van der Waals surface area contributed by atoms with Gasteiger partial charge in [-0.2, -0.15) is 5.10 Å². The fourth-order valence-corrected chi connectivity index (χ4v) is 4.51. The predicted molar refractivity (Wildman–Crippen MR) is 124 cm³/mol. The molecule has 0 saturated heterocycles. The molecule has 5 rings (SSSR count). The molecule has 1 fully saturated rings. The first-order chi connectivity index (χ1) is 15.6. The molecule has 32 heavy (non-hydrogen) atoms. The smallest absolute Gasteiger partial charge is 0.251 e. The Morgan fingerprint density at radius 2 is 1.88 bits per heavy atom. The molecule has 0 bridgehead atoms. The van der Waals surface area contributed by atoms with Crippen molar-refractivity contribution in [3.8, 4) is 11.3 Å². The van der Waals surface area contributed by atoms with E-state index >= 15 is 0 Å². The number of benzene rings is 2. The van der Waals surface area contributed by atoms with Crippen molar-refractivity contribution < 1.29 is 4.79 Å². The van der Waals surface area contributed by atoms with Gasteiger partial charge in [-0.3, -0.25) is 4.79 Å². The van der Waals surface area contributed by atoms with Crippen LogP contribution in [-0.2, 0) is 6.54 Å². The molecule has 1 aliphatic carbocycles. The molecule has 0 radical (unpaired) electrons. The van der Waals surface area contributed by atoms with Crippen molar-refractivity contribution in [2.24, 2.45) is 0 Å². The van der Waals surface area contributed by atoms with E-state index in [-0.39, 0.29) is 5.91 Å². The highest BCUT2D eigenvalue weighted by Crippen LogP contribution is 2.37. The molecule has 0 atom stereocenters. The lowest BCUT2D eigenvalue weighted by Crippen LogP contribution is -2.23. The molecule has 0 spiro atoms. The number of nitrogens with two attached hydrogens (primary N) is 1. The fourth-order valence-electron chi connectivity index (χ4n) is 4.51. The first-order valence-electron chi connectivity index (χ1n) is 11.0. The molecular weight excluding hydrogens is 400 g/mol. The van der Waals surface area contributed by atoms with Crippen LogP contribution in [0.15, 0.2) is 54.9 Å². The van der Waals surface area contributed by atoms with Gasteiger partial charge >= 0.3 is 0 Å². The lowest BCUT2D eigenvalue weighted by Gasteiger charge is -2.08. The van der Waals surface area contributed by atoms with E-state index < -0.39 is 0 Å². The fraction of sp³-hybridized carbons (Fsp3) is 0.280. The van der Waals surface area contributed by atoms with Crippen LogP contribution in [0, 0.1) is 6.92 Å². The van der Waals surface area contributed by atoms with Crippen LogP contribution in [0.5, 0.6) is 0 Å². The van der Waals surface area contributed by atoms with Gasteiger partial charge in [-0.1, -0.05) is 55.3 Å². The molecule has 2 aromatic carbocycles. The number of nitrogens with zero attached hydrogens (tertiary/aromatic N) is 4. The molecule has 7 nitrogen and oxygen atoms in total. The highest BCUT2D eigenvalue weighted by molar-refractivity contribution is 5.95. The number of hydrogen-bond donors (Lipinski definition) is 2. The summed E-state index contributed by atoms with van der Waals surface area (Å²) in [6, 6.07) is 15.6. The van der Waals surface area contributed by atoms with Crippen LogP contribution in [0.1, 0.15) is 58.9 Å². The zero-order chi connectivity index (χ0) is 22.1. The van der Waals surface area contributed by atoms with Crippen LogP contribution in [-0.4, -0.2) is 25.5 Å². The molecule has 1 amide bonds. The number of anilines is 1. The molecule has 2 heterocycles. The van der Waals surface area contributed by atoms with Gasteiger partial charge in [-0.05, 0) is 37.0 Å². The van der Waals surface area contributed by atoms with Crippen molar-refractivity contribution in [2.75, 3.05) is 5.73 Å². The summed E-state index contributed by atoms with van der Waals surface area (Å²) in [5.41, 5.74) is 11.4. The highest BCUT2D eigenvalue weighted by Gasteiger charge is 2.25. The number of aryl methyl sites for hydroxylation is 1. The van der Waals surface area contributed by atoms with E-state index in [0.717, 1.165) is 46.6 Å². The number of carbonyl (C=O) groups is 1. The SMILES string of the molecule is Cc1ccccc1C(=O)NCc1ccc(-c2nc(C3CCCC3)n3ncnc(N)c23)cc1. The maximum absolute atomic E-state index is 12.5. The molecule has 1 saturated carbocycles. The lowest BCUT2D eigenvalue weighted by molar-refractivity contribution is 0.0950. The largest absolute Gasteiger partial charge is 0.382 e. The zero-order valence-electron chi connectivity index (χ0n) is 18.1. The second-order valence-corrected chi connectivity index (χ2v) is 8.40. The average Bonchev–Trinajstić information content (AvgIpc) is 3.47. The third-order valence-electron chi connectivity index (χ3n) is 6.28. The quantitative estimate of drug-likeness (QED) is 0.497. The van der Waals surface area contributed by atoms with Crippen LogP contribution >= 0.6 is 0 Å². The number of nitrogens with one attached hydrogen (secondary N) is 1. The van der Waals surface area contributed by atoms with Gasteiger partial charge in [0.05, 0.1) is 0 Å². The summed E-state index contributed by atoms with van der Waals surface area (Å²) >= 11 is 0. The molecule has 3 N–H and O–H groups in total. The van der Waals surface area contributed by atoms with Crippen molar-refractivity contribution in [1.82, 2.24) is 24.9 Å². The van der Waals surface area contributed by atoms with E-state index in [1.165, 1.54) is 19.2 Å². The Labute approximate surface area is 186 Å². The van der Waals surface area contributed by atoms with Gasteiger partial charge in [0, 0.05) is 23.6 Å². The van der Waals surface area contributed by atoms with Crippen LogP contribution in [0.25, 0.3) is 16.8 Å². The van der Waals surface area contributed by atoms with Gasteiger partial charge in [-0.15, -0.1) is 0 Å². The highest BCUT2D eigenvalue weighted by atomic mass is 16.1. The number of rotatable bonds is 5. The maximum Gasteiger partial charge on any atom is 0.251 e. The Kier molecular flexibility index (Phi) is 5.31. The van der Waals surface area contributed by atoms with Gasteiger partial charge in [0.15, 0.2) is 5.82 Å². The van der Waals surface area contributed by atoms with E-state index in [9.17, 15) is 4.79 Å². The molecule has 162 valence electrons.